The number of fused-ring (bicyclic) bond motifs is 1. The van der Waals surface area contributed by atoms with Crippen molar-refractivity contribution in [1.29, 1.82) is 0 Å². The smallest absolute Gasteiger partial charge is 0.242 e. The molecule has 1 aromatic carbocycles. The summed E-state index contributed by atoms with van der Waals surface area (Å²) in [5.41, 5.74) is 5.04. The molecule has 6 nitrogen and oxygen atoms in total. The van der Waals surface area contributed by atoms with Gasteiger partial charge < -0.3 is 0 Å². The van der Waals surface area contributed by atoms with Crippen molar-refractivity contribution in [2.24, 2.45) is 0 Å². The molecule has 0 bridgehead atoms. The highest BCUT2D eigenvalue weighted by molar-refractivity contribution is 5.90. The molecule has 2 heterocycles. The van der Waals surface area contributed by atoms with Gasteiger partial charge in [-0.3, -0.25) is 15.2 Å². The maximum atomic E-state index is 11.3. The van der Waals surface area contributed by atoms with E-state index in [0.29, 0.717) is 6.42 Å². The van der Waals surface area contributed by atoms with Gasteiger partial charge in [0.05, 0.1) is 5.69 Å². The van der Waals surface area contributed by atoms with Gasteiger partial charge in [-0.2, -0.15) is 15.4 Å². The highest BCUT2D eigenvalue weighted by Crippen LogP contribution is 2.23. The van der Waals surface area contributed by atoms with E-state index in [2.05, 4.69) is 20.8 Å². The predicted octanol–water partition coefficient (Wildman–Crippen LogP) is 0.713. The van der Waals surface area contributed by atoms with Crippen molar-refractivity contribution >= 4 is 22.6 Å². The Kier molecular flexibility index (Phi) is 1.86. The molecule has 80 valence electrons. The number of aromatic nitrogens is 3. The minimum Gasteiger partial charge on any atom is -0.273 e. The van der Waals surface area contributed by atoms with Gasteiger partial charge in [0, 0.05) is 12.6 Å². The number of amides is 1. The molecule has 1 aliphatic heterocycles. The first-order valence-electron chi connectivity index (χ1n) is 4.89. The van der Waals surface area contributed by atoms with Gasteiger partial charge in [0.15, 0.2) is 0 Å². The number of aromatic amines is 1. The number of carbonyl (C=O) groups excluding carboxylic acids is 1. The Morgan fingerprint density at radius 2 is 2.25 bits per heavy atom. The third-order valence-corrected chi connectivity index (χ3v) is 2.39. The Hall–Kier alpha value is -2.37. The molecule has 0 aliphatic carbocycles. The van der Waals surface area contributed by atoms with Crippen LogP contribution in [0.2, 0.25) is 0 Å². The second-order valence-corrected chi connectivity index (χ2v) is 3.46. The van der Waals surface area contributed by atoms with Crippen LogP contribution in [0.4, 0.5) is 5.69 Å². The largest absolute Gasteiger partial charge is 0.273 e. The lowest BCUT2D eigenvalue weighted by atomic mass is 10.2. The molecule has 0 saturated carbocycles. The molecule has 0 fully saturated rings. The van der Waals surface area contributed by atoms with Crippen LogP contribution < -0.4 is 10.4 Å². The maximum Gasteiger partial charge on any atom is 0.242 e. The molecular formula is C10H9N5O. The second kappa shape index (κ2) is 3.34. The van der Waals surface area contributed by atoms with Crippen LogP contribution in [0.5, 0.6) is 0 Å². The summed E-state index contributed by atoms with van der Waals surface area (Å²) in [7, 11) is 0. The Bertz CT molecular complexity index is 573. The van der Waals surface area contributed by atoms with Gasteiger partial charge in [0.25, 0.3) is 0 Å². The van der Waals surface area contributed by atoms with E-state index in [1.807, 2.05) is 24.4 Å². The monoisotopic (exact) mass is 215 g/mol. The molecule has 2 N–H and O–H groups in total. The Labute approximate surface area is 90.9 Å². The van der Waals surface area contributed by atoms with Crippen molar-refractivity contribution in [2.45, 2.75) is 6.42 Å². The highest BCUT2D eigenvalue weighted by Gasteiger charge is 2.15. The molecule has 0 saturated heterocycles. The third-order valence-electron chi connectivity index (χ3n) is 2.39. The average molecular weight is 215 g/mol. The van der Waals surface area contributed by atoms with Crippen molar-refractivity contribution in [3.8, 4) is 0 Å². The lowest BCUT2D eigenvalue weighted by Crippen LogP contribution is -2.40. The average Bonchev–Trinajstić information content (AvgIpc) is 2.76. The van der Waals surface area contributed by atoms with Gasteiger partial charge in [-0.15, -0.1) is 0 Å². The van der Waals surface area contributed by atoms with Gasteiger partial charge in [0.1, 0.15) is 11.0 Å². The van der Waals surface area contributed by atoms with Crippen LogP contribution in [0.15, 0.2) is 30.5 Å². The number of para-hydroxylation sites is 1. The Morgan fingerprint density at radius 3 is 3.12 bits per heavy atom. The first-order chi connectivity index (χ1) is 7.84. The van der Waals surface area contributed by atoms with Crippen LogP contribution >= 0.6 is 0 Å². The lowest BCUT2D eigenvalue weighted by molar-refractivity contribution is -0.120. The fourth-order valence-electron chi connectivity index (χ4n) is 1.67. The van der Waals surface area contributed by atoms with E-state index in [-0.39, 0.29) is 5.91 Å². The first kappa shape index (κ1) is 8.90. The SMILES string of the molecule is O=C1CC=CN(c2cccc3n[nH]nc23)N1. The van der Waals surface area contributed by atoms with Crippen molar-refractivity contribution in [3.05, 3.63) is 30.5 Å². The van der Waals surface area contributed by atoms with Crippen LogP contribution in [0, 0.1) is 0 Å². The summed E-state index contributed by atoms with van der Waals surface area (Å²) in [6, 6.07) is 5.60. The number of hydrogen-bond donors (Lipinski definition) is 2. The van der Waals surface area contributed by atoms with Gasteiger partial charge in [0.2, 0.25) is 5.91 Å². The fourth-order valence-corrected chi connectivity index (χ4v) is 1.67. The summed E-state index contributed by atoms with van der Waals surface area (Å²) in [6.07, 6.45) is 4.02. The van der Waals surface area contributed by atoms with Crippen LogP contribution in [0.1, 0.15) is 6.42 Å². The number of anilines is 1. The minimum absolute atomic E-state index is 0.0389. The molecule has 1 amide bonds. The van der Waals surface area contributed by atoms with Gasteiger partial charge in [-0.25, -0.2) is 0 Å². The third kappa shape index (κ3) is 1.31. The molecule has 0 radical (unpaired) electrons. The number of nitrogens with zero attached hydrogens (tertiary/aromatic N) is 3. The summed E-state index contributed by atoms with van der Waals surface area (Å²) in [6.45, 7) is 0. The van der Waals surface area contributed by atoms with E-state index in [1.165, 1.54) is 0 Å². The summed E-state index contributed by atoms with van der Waals surface area (Å²) in [5.74, 6) is -0.0389. The van der Waals surface area contributed by atoms with Gasteiger partial charge >= 0.3 is 0 Å². The quantitative estimate of drug-likeness (QED) is 0.734. The summed E-state index contributed by atoms with van der Waals surface area (Å²) < 4.78 is 0. The summed E-state index contributed by atoms with van der Waals surface area (Å²) in [5, 5.41) is 12.3. The van der Waals surface area contributed by atoms with Crippen molar-refractivity contribution in [1.82, 2.24) is 20.8 Å². The molecule has 3 rings (SSSR count). The highest BCUT2D eigenvalue weighted by atomic mass is 16.2. The fraction of sp³-hybridized carbons (Fsp3) is 0.100. The van der Waals surface area contributed by atoms with Crippen molar-refractivity contribution in [2.75, 3.05) is 5.01 Å². The maximum absolute atomic E-state index is 11.3. The van der Waals surface area contributed by atoms with Crippen LogP contribution in [-0.4, -0.2) is 21.3 Å². The van der Waals surface area contributed by atoms with E-state index in [4.69, 9.17) is 0 Å². The number of H-pyrrole nitrogens is 1. The van der Waals surface area contributed by atoms with Crippen molar-refractivity contribution in [3.63, 3.8) is 0 Å². The second-order valence-electron chi connectivity index (χ2n) is 3.46. The number of hydrazine groups is 1. The number of rotatable bonds is 1. The van der Waals surface area contributed by atoms with E-state index < -0.39 is 0 Å². The molecule has 1 aromatic heterocycles. The normalized spacial score (nSPS) is 15.5. The molecule has 0 atom stereocenters. The van der Waals surface area contributed by atoms with Crippen LogP contribution in [0.25, 0.3) is 11.0 Å². The van der Waals surface area contributed by atoms with Gasteiger partial charge in [-0.05, 0) is 12.1 Å². The van der Waals surface area contributed by atoms with Crippen molar-refractivity contribution < 1.29 is 4.79 Å². The van der Waals surface area contributed by atoms with Crippen LogP contribution in [-0.2, 0) is 4.79 Å². The molecular weight excluding hydrogens is 206 g/mol. The van der Waals surface area contributed by atoms with E-state index in [0.717, 1.165) is 16.7 Å². The zero-order chi connectivity index (χ0) is 11.0. The molecule has 1 aliphatic rings. The van der Waals surface area contributed by atoms with E-state index >= 15 is 0 Å². The molecule has 0 spiro atoms. The minimum atomic E-state index is -0.0389. The summed E-state index contributed by atoms with van der Waals surface area (Å²) in [4.78, 5) is 11.3. The molecule has 16 heavy (non-hydrogen) atoms. The number of hydrogen-bond acceptors (Lipinski definition) is 4. The molecule has 0 unspecified atom stereocenters. The van der Waals surface area contributed by atoms with E-state index in [1.54, 1.807) is 11.1 Å². The van der Waals surface area contributed by atoms with Crippen LogP contribution in [0.3, 0.4) is 0 Å². The standard InChI is InChI=1S/C10H9N5O/c16-9-5-2-6-15(13-9)8-4-1-3-7-10(8)12-14-11-7/h1-4,6H,5H2,(H,13,16)(H,11,12,14). The lowest BCUT2D eigenvalue weighted by Gasteiger charge is -2.23. The number of benzene rings is 1. The molecule has 6 heteroatoms. The number of carbonyl (C=O) groups is 1. The zero-order valence-electron chi connectivity index (χ0n) is 8.34. The van der Waals surface area contributed by atoms with E-state index in [9.17, 15) is 4.79 Å². The zero-order valence-corrected chi connectivity index (χ0v) is 8.34. The Morgan fingerprint density at radius 1 is 1.31 bits per heavy atom. The predicted molar refractivity (Wildman–Crippen MR) is 58.3 cm³/mol. The number of nitrogens with one attached hydrogen (secondary N) is 2. The summed E-state index contributed by atoms with van der Waals surface area (Å²) >= 11 is 0. The molecule has 2 aromatic rings. The van der Waals surface area contributed by atoms with Gasteiger partial charge in [-0.1, -0.05) is 12.1 Å². The topological polar surface area (TPSA) is 73.9 Å². The first-order valence-corrected chi connectivity index (χ1v) is 4.89. The Balaban J connectivity index is 2.11.